The van der Waals surface area contributed by atoms with Crippen LogP contribution >= 0.6 is 11.6 Å². The third-order valence-corrected chi connectivity index (χ3v) is 5.33. The lowest BCUT2D eigenvalue weighted by molar-refractivity contribution is 0.131. The maximum Gasteiger partial charge on any atom is 0.226 e. The topological polar surface area (TPSA) is 47.3 Å². The van der Waals surface area contributed by atoms with Gasteiger partial charge >= 0.3 is 0 Å². The minimum atomic E-state index is -0.475. The molecule has 0 aliphatic carbocycles. The number of halogens is 2. The van der Waals surface area contributed by atoms with E-state index in [0.29, 0.717) is 24.5 Å². The molecule has 2 aromatic rings. The summed E-state index contributed by atoms with van der Waals surface area (Å²) >= 11 is 5.70. The van der Waals surface area contributed by atoms with Crippen molar-refractivity contribution in [3.05, 3.63) is 41.0 Å². The number of ether oxygens (including phenoxy) is 1. The zero-order valence-electron chi connectivity index (χ0n) is 15.7. The van der Waals surface area contributed by atoms with Gasteiger partial charge in [-0.1, -0.05) is 24.4 Å². The molecule has 1 aliphatic rings. The average Bonchev–Trinajstić information content (AvgIpc) is 2.98. The van der Waals surface area contributed by atoms with E-state index in [2.05, 4.69) is 10.3 Å². The Kier molecular flexibility index (Phi) is 8.11. The minimum Gasteiger partial charge on any atom is -0.444 e. The smallest absolute Gasteiger partial charge is 0.226 e. The SMILES string of the molecule is Fc1cc(-c2nc(CCOCCCCC3CCCCNC3)co2)ccc1Cl. The Hall–Kier alpha value is -1.43. The molecule has 2 heterocycles. The molecule has 1 N–H and O–H groups in total. The van der Waals surface area contributed by atoms with Gasteiger partial charge in [-0.15, -0.1) is 0 Å². The van der Waals surface area contributed by atoms with Gasteiger partial charge in [-0.05, 0) is 62.9 Å². The van der Waals surface area contributed by atoms with Crippen molar-refractivity contribution in [2.75, 3.05) is 26.3 Å². The monoisotopic (exact) mass is 394 g/mol. The number of benzene rings is 1. The van der Waals surface area contributed by atoms with Gasteiger partial charge in [0.2, 0.25) is 5.89 Å². The number of hydrogen-bond donors (Lipinski definition) is 1. The van der Waals surface area contributed by atoms with Crippen LogP contribution in [-0.2, 0) is 11.2 Å². The van der Waals surface area contributed by atoms with Gasteiger partial charge in [0.05, 0.1) is 17.3 Å². The largest absolute Gasteiger partial charge is 0.444 e. The second-order valence-electron chi connectivity index (χ2n) is 7.20. The van der Waals surface area contributed by atoms with Gasteiger partial charge in [0.15, 0.2) is 0 Å². The van der Waals surface area contributed by atoms with Crippen LogP contribution in [0.1, 0.15) is 44.2 Å². The van der Waals surface area contributed by atoms with E-state index in [9.17, 15) is 4.39 Å². The van der Waals surface area contributed by atoms with E-state index in [1.807, 2.05) is 0 Å². The summed E-state index contributed by atoms with van der Waals surface area (Å²) in [5.41, 5.74) is 1.39. The van der Waals surface area contributed by atoms with Crippen molar-refractivity contribution in [2.45, 2.75) is 44.9 Å². The second kappa shape index (κ2) is 10.8. The van der Waals surface area contributed by atoms with Crippen molar-refractivity contribution < 1.29 is 13.5 Å². The van der Waals surface area contributed by atoms with Crippen molar-refractivity contribution >= 4 is 11.6 Å². The molecule has 1 atom stereocenters. The number of hydrogen-bond acceptors (Lipinski definition) is 4. The lowest BCUT2D eigenvalue weighted by atomic mass is 9.97. The highest BCUT2D eigenvalue weighted by Crippen LogP contribution is 2.24. The zero-order valence-corrected chi connectivity index (χ0v) is 16.4. The van der Waals surface area contributed by atoms with E-state index in [1.54, 1.807) is 12.3 Å². The summed E-state index contributed by atoms with van der Waals surface area (Å²) in [4.78, 5) is 4.39. The van der Waals surface area contributed by atoms with Gasteiger partial charge in [0, 0.05) is 18.6 Å². The molecule has 1 fully saturated rings. The molecule has 6 heteroatoms. The molecular weight excluding hydrogens is 367 g/mol. The summed E-state index contributed by atoms with van der Waals surface area (Å²) in [7, 11) is 0. The van der Waals surface area contributed by atoms with Crippen molar-refractivity contribution in [1.29, 1.82) is 0 Å². The number of rotatable bonds is 9. The fourth-order valence-corrected chi connectivity index (χ4v) is 3.55. The van der Waals surface area contributed by atoms with Crippen LogP contribution in [0.2, 0.25) is 5.02 Å². The lowest BCUT2D eigenvalue weighted by Crippen LogP contribution is -2.20. The van der Waals surface area contributed by atoms with Crippen LogP contribution in [0.5, 0.6) is 0 Å². The third kappa shape index (κ3) is 6.59. The highest BCUT2D eigenvalue weighted by Gasteiger charge is 2.11. The first kappa shape index (κ1) is 20.3. The highest BCUT2D eigenvalue weighted by molar-refractivity contribution is 6.30. The van der Waals surface area contributed by atoms with Crippen LogP contribution in [0.15, 0.2) is 28.9 Å². The molecule has 1 saturated heterocycles. The van der Waals surface area contributed by atoms with Gasteiger partial charge in [-0.3, -0.25) is 0 Å². The Labute approximate surface area is 165 Å². The quantitative estimate of drug-likeness (QED) is 0.590. The fourth-order valence-electron chi connectivity index (χ4n) is 3.44. The second-order valence-corrected chi connectivity index (χ2v) is 7.60. The molecule has 0 radical (unpaired) electrons. The summed E-state index contributed by atoms with van der Waals surface area (Å²) in [6.45, 7) is 3.75. The molecule has 0 amide bonds. The van der Waals surface area contributed by atoms with Crippen LogP contribution in [0, 0.1) is 11.7 Å². The van der Waals surface area contributed by atoms with E-state index < -0.39 is 5.82 Å². The van der Waals surface area contributed by atoms with Crippen LogP contribution in [-0.4, -0.2) is 31.3 Å². The van der Waals surface area contributed by atoms with Gasteiger partial charge in [0.25, 0.3) is 0 Å². The van der Waals surface area contributed by atoms with Crippen LogP contribution in [0.4, 0.5) is 4.39 Å². The summed E-state index contributed by atoms with van der Waals surface area (Å²) in [6, 6.07) is 4.53. The number of oxazole rings is 1. The molecule has 27 heavy (non-hydrogen) atoms. The van der Waals surface area contributed by atoms with Crippen molar-refractivity contribution in [3.8, 4) is 11.5 Å². The van der Waals surface area contributed by atoms with Gasteiger partial charge < -0.3 is 14.5 Å². The molecule has 1 aromatic heterocycles. The van der Waals surface area contributed by atoms with Crippen molar-refractivity contribution in [2.24, 2.45) is 5.92 Å². The van der Waals surface area contributed by atoms with E-state index in [1.165, 1.54) is 57.3 Å². The highest BCUT2D eigenvalue weighted by atomic mass is 35.5. The number of nitrogens with zero attached hydrogens (tertiary/aromatic N) is 1. The Balaban J connectivity index is 1.30. The molecule has 4 nitrogen and oxygen atoms in total. The number of unbranched alkanes of at least 4 members (excludes halogenated alkanes) is 1. The van der Waals surface area contributed by atoms with Crippen molar-refractivity contribution in [1.82, 2.24) is 10.3 Å². The van der Waals surface area contributed by atoms with E-state index in [0.717, 1.165) is 24.6 Å². The zero-order chi connectivity index (χ0) is 18.9. The van der Waals surface area contributed by atoms with Crippen LogP contribution in [0.25, 0.3) is 11.5 Å². The number of nitrogens with one attached hydrogen (secondary N) is 1. The van der Waals surface area contributed by atoms with E-state index in [4.69, 9.17) is 20.8 Å². The average molecular weight is 395 g/mol. The predicted octanol–water partition coefficient (Wildman–Crippen LogP) is 5.25. The summed E-state index contributed by atoms with van der Waals surface area (Å²) in [5.74, 6) is 0.758. The molecule has 0 saturated carbocycles. The van der Waals surface area contributed by atoms with Crippen LogP contribution < -0.4 is 5.32 Å². The van der Waals surface area contributed by atoms with Gasteiger partial charge in [-0.25, -0.2) is 9.37 Å². The molecule has 148 valence electrons. The van der Waals surface area contributed by atoms with Gasteiger partial charge in [0.1, 0.15) is 12.1 Å². The third-order valence-electron chi connectivity index (χ3n) is 5.02. The Morgan fingerprint density at radius 1 is 1.26 bits per heavy atom. The first-order valence-corrected chi connectivity index (χ1v) is 10.3. The normalized spacial score (nSPS) is 17.8. The summed E-state index contributed by atoms with van der Waals surface area (Å²) < 4.78 is 24.7. The predicted molar refractivity (Wildman–Crippen MR) is 105 cm³/mol. The Morgan fingerprint density at radius 2 is 2.19 bits per heavy atom. The Bertz CT molecular complexity index is 699. The molecule has 3 rings (SSSR count). The van der Waals surface area contributed by atoms with Crippen molar-refractivity contribution in [3.63, 3.8) is 0 Å². The lowest BCUT2D eigenvalue weighted by Gasteiger charge is -2.13. The number of aromatic nitrogens is 1. The molecule has 1 unspecified atom stereocenters. The fraction of sp³-hybridized carbons (Fsp3) is 0.571. The molecule has 0 bridgehead atoms. The standard InChI is InChI=1S/C21H28ClFN2O2/c22-19-8-7-17(13-20(19)23)21-25-18(15-27-21)9-12-26-11-4-2-6-16-5-1-3-10-24-14-16/h7-8,13,15-16,24H,1-6,9-12,14H2. The van der Waals surface area contributed by atoms with E-state index in [-0.39, 0.29) is 5.02 Å². The minimum absolute atomic E-state index is 0.0919. The molecule has 1 aliphatic heterocycles. The maximum atomic E-state index is 13.5. The van der Waals surface area contributed by atoms with Crippen LogP contribution in [0.3, 0.4) is 0 Å². The maximum absolute atomic E-state index is 13.5. The molecular formula is C21H28ClFN2O2. The summed E-state index contributed by atoms with van der Waals surface area (Å²) in [5, 5.41) is 3.61. The Morgan fingerprint density at radius 3 is 3.07 bits per heavy atom. The first-order valence-electron chi connectivity index (χ1n) is 9.90. The summed E-state index contributed by atoms with van der Waals surface area (Å²) in [6.07, 6.45) is 9.94. The van der Waals surface area contributed by atoms with E-state index >= 15 is 0 Å². The molecule has 0 spiro atoms. The van der Waals surface area contributed by atoms with Gasteiger partial charge in [-0.2, -0.15) is 0 Å². The molecule has 1 aromatic carbocycles. The first-order chi connectivity index (χ1) is 13.2.